The average molecular weight is 712 g/mol. The van der Waals surface area contributed by atoms with E-state index >= 15 is 13.2 Å². The van der Waals surface area contributed by atoms with Crippen molar-refractivity contribution in [3.8, 4) is 17.1 Å². The van der Waals surface area contributed by atoms with E-state index in [1.165, 1.54) is 18.2 Å². The summed E-state index contributed by atoms with van der Waals surface area (Å²) in [5.74, 6) is -0.749. The van der Waals surface area contributed by atoms with E-state index in [9.17, 15) is 13.6 Å². The second-order valence-corrected chi connectivity index (χ2v) is 14.1. The molecule has 9 nitrogen and oxygen atoms in total. The molecule has 262 valence electrons. The number of hydrogen-bond acceptors (Lipinski definition) is 8. The fourth-order valence-electron chi connectivity index (χ4n) is 7.94. The smallest absolute Gasteiger partial charge is 0.417 e. The topological polar surface area (TPSA) is 92.2 Å². The van der Waals surface area contributed by atoms with E-state index in [0.717, 1.165) is 42.9 Å². The molecule has 50 heavy (non-hydrogen) atoms. The molecule has 0 saturated carbocycles. The van der Waals surface area contributed by atoms with Gasteiger partial charge in [0.15, 0.2) is 0 Å². The molecule has 5 heterocycles. The highest BCUT2D eigenvalue weighted by molar-refractivity contribution is 7.23. The van der Waals surface area contributed by atoms with Crippen molar-refractivity contribution < 1.29 is 31.5 Å². The molecule has 3 aliphatic heterocycles. The van der Waals surface area contributed by atoms with E-state index in [-0.39, 0.29) is 73.2 Å². The van der Waals surface area contributed by atoms with Gasteiger partial charge in [0, 0.05) is 49.4 Å². The number of anilines is 2. The van der Waals surface area contributed by atoms with Crippen LogP contribution in [-0.4, -0.2) is 82.8 Å². The number of carbonyl (C=O) groups is 1. The van der Waals surface area contributed by atoms with Crippen molar-refractivity contribution in [3.63, 3.8) is 0 Å². The van der Waals surface area contributed by atoms with Crippen LogP contribution in [-0.2, 0) is 11.0 Å². The summed E-state index contributed by atoms with van der Waals surface area (Å²) in [6, 6.07) is 4.18. The fourth-order valence-corrected chi connectivity index (χ4v) is 8.88. The number of rotatable bonds is 8. The third-order valence-corrected chi connectivity index (χ3v) is 11.2. The molecule has 0 spiro atoms. The average Bonchev–Trinajstić information content (AvgIpc) is 3.85. The molecule has 2 N–H and O–H groups in total. The van der Waals surface area contributed by atoms with Crippen LogP contribution >= 0.6 is 11.3 Å². The van der Waals surface area contributed by atoms with Gasteiger partial charge in [0.1, 0.15) is 24.4 Å². The highest BCUT2D eigenvalue weighted by Crippen LogP contribution is 2.50. The lowest BCUT2D eigenvalue weighted by Gasteiger charge is -2.32. The van der Waals surface area contributed by atoms with E-state index in [2.05, 4.69) is 21.3 Å². The zero-order chi connectivity index (χ0) is 35.5. The summed E-state index contributed by atoms with van der Waals surface area (Å²) in [5.41, 5.74) is 4.15. The van der Waals surface area contributed by atoms with Crippen molar-refractivity contribution in [2.75, 3.05) is 50.0 Å². The fraction of sp³-hybridized carbons (Fsp3) is 0.429. The number of benzene rings is 2. The molecule has 0 bridgehead atoms. The number of amides is 1. The molecule has 0 radical (unpaired) electrons. The number of fused-ring (bicyclic) bond motifs is 3. The Morgan fingerprint density at radius 2 is 2.06 bits per heavy atom. The van der Waals surface area contributed by atoms with E-state index in [1.807, 2.05) is 11.8 Å². The van der Waals surface area contributed by atoms with E-state index in [4.69, 9.17) is 22.0 Å². The maximum Gasteiger partial charge on any atom is 0.417 e. The van der Waals surface area contributed by atoms with Gasteiger partial charge in [-0.3, -0.25) is 9.69 Å². The molecule has 2 aromatic carbocycles. The third kappa shape index (κ3) is 5.68. The Labute approximate surface area is 288 Å². The Morgan fingerprint density at radius 3 is 2.78 bits per heavy atom. The summed E-state index contributed by atoms with van der Waals surface area (Å²) < 4.78 is 80.8. The Morgan fingerprint density at radius 1 is 1.26 bits per heavy atom. The molecule has 3 saturated heterocycles. The minimum Gasteiger partial charge on any atom is -0.461 e. The van der Waals surface area contributed by atoms with Gasteiger partial charge in [0.25, 0.3) is 0 Å². The van der Waals surface area contributed by atoms with Crippen LogP contribution in [0.5, 0.6) is 6.01 Å². The Bertz CT molecular complexity index is 2060. The van der Waals surface area contributed by atoms with E-state index < -0.39 is 29.3 Å². The standard InChI is InChI=1S/C35H34F5N7O2S/c1-4-27(48)45-12-9-20(17-45)47(5-2)32-23-13-24(35(38,39)40)22(21-7-8-25(37)30-28(21)29(42-3)31(41)50-30)14-26(23)43-33(44-32)49-18-34-10-6-11-46(34)16-19(36)15-34/h4,7-8,13-14,19-20H,1,5-6,9-12,15-18,41H2,2H3. The lowest BCUT2D eigenvalue weighted by molar-refractivity contribution is -0.137. The van der Waals surface area contributed by atoms with Crippen molar-refractivity contribution in [2.24, 2.45) is 0 Å². The number of likely N-dealkylation sites (N-methyl/N-ethyl adjacent to an activating group) is 1. The van der Waals surface area contributed by atoms with Crippen LogP contribution in [0.4, 0.5) is 38.5 Å². The first-order valence-electron chi connectivity index (χ1n) is 16.4. The second kappa shape index (κ2) is 12.6. The normalized spacial score (nSPS) is 22.3. The predicted octanol–water partition coefficient (Wildman–Crippen LogP) is 7.37. The van der Waals surface area contributed by atoms with Gasteiger partial charge in [-0.2, -0.15) is 23.1 Å². The van der Waals surface area contributed by atoms with Crippen molar-refractivity contribution in [1.29, 1.82) is 0 Å². The summed E-state index contributed by atoms with van der Waals surface area (Å²) in [6.07, 6.45) is -2.17. The molecule has 3 atom stereocenters. The largest absolute Gasteiger partial charge is 0.461 e. The van der Waals surface area contributed by atoms with Crippen LogP contribution in [0.2, 0.25) is 0 Å². The molecule has 7 rings (SSSR count). The summed E-state index contributed by atoms with van der Waals surface area (Å²) >= 11 is 0.802. The molecule has 2 aromatic heterocycles. The minimum absolute atomic E-state index is 0.00195. The number of nitrogens with two attached hydrogens (primary N) is 1. The number of nitrogens with zero attached hydrogens (tertiary/aromatic N) is 6. The molecule has 4 aromatic rings. The summed E-state index contributed by atoms with van der Waals surface area (Å²) in [4.78, 5) is 30.7. The first-order valence-corrected chi connectivity index (χ1v) is 17.2. The van der Waals surface area contributed by atoms with Gasteiger partial charge in [0.2, 0.25) is 11.6 Å². The molecule has 15 heteroatoms. The Balaban J connectivity index is 1.42. The molecule has 3 aliphatic rings. The van der Waals surface area contributed by atoms with Gasteiger partial charge >= 0.3 is 12.2 Å². The van der Waals surface area contributed by atoms with Gasteiger partial charge < -0.3 is 20.3 Å². The number of halogens is 5. The quantitative estimate of drug-likeness (QED) is 0.116. The highest BCUT2D eigenvalue weighted by atomic mass is 32.1. The monoisotopic (exact) mass is 711 g/mol. The van der Waals surface area contributed by atoms with Gasteiger partial charge in [-0.05, 0) is 68.1 Å². The first kappa shape index (κ1) is 33.9. The Hall–Kier alpha value is -4.55. The summed E-state index contributed by atoms with van der Waals surface area (Å²) in [7, 11) is 0. The SMILES string of the molecule is [C-]#[N+]c1c(N)sc2c(F)ccc(-c3cc4nc(OCC56CCCN5CC(F)C6)nc(N(CC)C5CCN(C(=O)C=C)C5)c4cc3C(F)(F)F)c12. The van der Waals surface area contributed by atoms with Crippen LogP contribution < -0.4 is 15.4 Å². The van der Waals surface area contributed by atoms with Crippen LogP contribution in [0.25, 0.3) is 37.0 Å². The minimum atomic E-state index is -4.87. The zero-order valence-corrected chi connectivity index (χ0v) is 28.0. The molecule has 3 fully saturated rings. The summed E-state index contributed by atoms with van der Waals surface area (Å²) in [5, 5.41) is 0.0919. The third-order valence-electron chi connectivity index (χ3n) is 10.2. The Kier molecular flexibility index (Phi) is 8.58. The lowest BCUT2D eigenvalue weighted by Crippen LogP contribution is -2.43. The van der Waals surface area contributed by atoms with Gasteiger partial charge in [-0.1, -0.05) is 12.6 Å². The number of nitrogen functional groups attached to an aromatic ring is 1. The first-order chi connectivity index (χ1) is 23.9. The second-order valence-electron chi connectivity index (χ2n) is 13.0. The van der Waals surface area contributed by atoms with Gasteiger partial charge in [-0.15, -0.1) is 11.3 Å². The predicted molar refractivity (Wildman–Crippen MR) is 183 cm³/mol. The van der Waals surface area contributed by atoms with E-state index in [1.54, 1.807) is 4.90 Å². The van der Waals surface area contributed by atoms with Crippen LogP contribution in [0.3, 0.4) is 0 Å². The number of hydrogen-bond donors (Lipinski definition) is 1. The number of thiophene rings is 1. The lowest BCUT2D eigenvalue weighted by atomic mass is 9.94. The molecule has 0 aliphatic carbocycles. The maximum absolute atomic E-state index is 15.0. The molecular weight excluding hydrogens is 677 g/mol. The number of likely N-dealkylation sites (tertiary alicyclic amines) is 1. The van der Waals surface area contributed by atoms with Crippen LogP contribution in [0.1, 0.15) is 38.2 Å². The maximum atomic E-state index is 15.0. The van der Waals surface area contributed by atoms with Crippen LogP contribution in [0, 0.1) is 12.4 Å². The van der Waals surface area contributed by atoms with Crippen molar-refractivity contribution >= 4 is 54.7 Å². The van der Waals surface area contributed by atoms with Crippen LogP contribution in [0.15, 0.2) is 36.9 Å². The number of carbonyl (C=O) groups excluding carboxylic acids is 1. The van der Waals surface area contributed by atoms with Gasteiger partial charge in [-0.25, -0.2) is 13.6 Å². The number of alkyl halides is 4. The van der Waals surface area contributed by atoms with Crippen molar-refractivity contribution in [3.05, 3.63) is 59.7 Å². The summed E-state index contributed by atoms with van der Waals surface area (Å²) in [6.45, 7) is 15.3. The number of aromatic nitrogens is 2. The highest BCUT2D eigenvalue weighted by Gasteiger charge is 2.49. The molecule has 3 unspecified atom stereocenters. The zero-order valence-electron chi connectivity index (χ0n) is 27.2. The molecular formula is C35H34F5N7O2S. The van der Waals surface area contributed by atoms with E-state index in [0.29, 0.717) is 39.0 Å². The van der Waals surface area contributed by atoms with Crippen molar-refractivity contribution in [2.45, 2.75) is 56.5 Å². The van der Waals surface area contributed by atoms with Gasteiger partial charge in [0.05, 0.1) is 32.9 Å². The number of ether oxygens (including phenoxy) is 1. The van der Waals surface area contributed by atoms with Crippen molar-refractivity contribution in [1.82, 2.24) is 19.8 Å². The molecule has 1 amide bonds.